The number of imide groups is 1. The van der Waals surface area contributed by atoms with Crippen LogP contribution in [0.3, 0.4) is 0 Å². The highest BCUT2D eigenvalue weighted by molar-refractivity contribution is 14.0. The third-order valence-corrected chi connectivity index (χ3v) is 4.95. The van der Waals surface area contributed by atoms with E-state index in [9.17, 15) is 14.4 Å². The molecule has 0 aliphatic carbocycles. The fourth-order valence-corrected chi connectivity index (χ4v) is 3.48. The van der Waals surface area contributed by atoms with Gasteiger partial charge in [-0.1, -0.05) is 0 Å². The lowest BCUT2D eigenvalue weighted by atomic mass is 10.2. The summed E-state index contributed by atoms with van der Waals surface area (Å²) < 4.78 is 5.49. The van der Waals surface area contributed by atoms with Crippen LogP contribution in [0, 0.1) is 0 Å². The van der Waals surface area contributed by atoms with Crippen molar-refractivity contribution in [3.05, 3.63) is 0 Å². The number of urea groups is 1. The maximum Gasteiger partial charge on any atom is 0.324 e. The van der Waals surface area contributed by atoms with Crippen LogP contribution in [0.4, 0.5) is 4.79 Å². The summed E-state index contributed by atoms with van der Waals surface area (Å²) in [5.41, 5.74) is 0. The monoisotopic (exact) mass is 508 g/mol. The van der Waals surface area contributed by atoms with Crippen molar-refractivity contribution in [2.24, 2.45) is 4.99 Å². The number of hydrogen-bond donors (Lipinski definition) is 2. The smallest absolute Gasteiger partial charge is 0.324 e. The van der Waals surface area contributed by atoms with E-state index in [1.807, 2.05) is 11.8 Å². The van der Waals surface area contributed by atoms with Gasteiger partial charge < -0.3 is 25.2 Å². The van der Waals surface area contributed by atoms with Crippen LogP contribution in [-0.2, 0) is 14.3 Å². The number of guanidine groups is 1. The summed E-state index contributed by atoms with van der Waals surface area (Å²) in [5.74, 6) is 0.614. The Morgan fingerprint density at radius 2 is 1.96 bits per heavy atom. The molecule has 158 valence electrons. The standard InChI is InChI=1S/C17H28N6O4.HI/c1-2-18-16(19-5-6-23-14(24)12-20-17(23)26)22-9-7-21(8-10-22)15(25)13-4-3-11-27-13;/h13H,2-12H2,1H3,(H,18,19)(H,20,26);1H. The van der Waals surface area contributed by atoms with E-state index in [4.69, 9.17) is 4.74 Å². The number of hydrogen-bond acceptors (Lipinski definition) is 5. The minimum absolute atomic E-state index is 0. The molecule has 3 rings (SSSR count). The van der Waals surface area contributed by atoms with Gasteiger partial charge in [-0.2, -0.15) is 0 Å². The van der Waals surface area contributed by atoms with Crippen molar-refractivity contribution in [1.82, 2.24) is 25.3 Å². The Balaban J connectivity index is 0.00000280. The molecule has 3 aliphatic heterocycles. The van der Waals surface area contributed by atoms with Crippen molar-refractivity contribution in [1.29, 1.82) is 0 Å². The molecular formula is C17H29IN6O4. The fourth-order valence-electron chi connectivity index (χ4n) is 3.48. The van der Waals surface area contributed by atoms with Crippen LogP contribution in [0.25, 0.3) is 0 Å². The molecule has 0 radical (unpaired) electrons. The van der Waals surface area contributed by atoms with Crippen molar-refractivity contribution in [2.75, 3.05) is 59.0 Å². The van der Waals surface area contributed by atoms with Crippen LogP contribution in [0.5, 0.6) is 0 Å². The van der Waals surface area contributed by atoms with Crippen molar-refractivity contribution >= 4 is 47.8 Å². The van der Waals surface area contributed by atoms with Gasteiger partial charge in [-0.3, -0.25) is 19.5 Å². The molecule has 4 amide bonds. The lowest BCUT2D eigenvalue weighted by molar-refractivity contribution is -0.142. The summed E-state index contributed by atoms with van der Waals surface area (Å²) in [5, 5.41) is 5.74. The second kappa shape index (κ2) is 10.8. The second-order valence-electron chi connectivity index (χ2n) is 6.75. The zero-order valence-electron chi connectivity index (χ0n) is 16.2. The van der Waals surface area contributed by atoms with Gasteiger partial charge in [0, 0.05) is 39.3 Å². The molecule has 1 unspecified atom stereocenters. The fraction of sp³-hybridized carbons (Fsp3) is 0.765. The van der Waals surface area contributed by atoms with Crippen LogP contribution in [0.2, 0.25) is 0 Å². The number of nitrogens with one attached hydrogen (secondary N) is 2. The number of carbonyl (C=O) groups excluding carboxylic acids is 3. The van der Waals surface area contributed by atoms with Crippen LogP contribution in [0.15, 0.2) is 4.99 Å². The lowest BCUT2D eigenvalue weighted by Gasteiger charge is -2.37. The molecule has 2 N–H and O–H groups in total. The summed E-state index contributed by atoms with van der Waals surface area (Å²) in [7, 11) is 0. The van der Waals surface area contributed by atoms with Crippen molar-refractivity contribution in [3.63, 3.8) is 0 Å². The van der Waals surface area contributed by atoms with Crippen molar-refractivity contribution < 1.29 is 19.1 Å². The van der Waals surface area contributed by atoms with E-state index in [0.717, 1.165) is 25.3 Å². The zero-order chi connectivity index (χ0) is 19.2. The van der Waals surface area contributed by atoms with Gasteiger partial charge in [-0.25, -0.2) is 4.79 Å². The number of ether oxygens (including phenoxy) is 1. The Kier molecular flexibility index (Phi) is 8.73. The van der Waals surface area contributed by atoms with E-state index in [-0.39, 0.29) is 61.0 Å². The topological polar surface area (TPSA) is 107 Å². The summed E-state index contributed by atoms with van der Waals surface area (Å²) in [4.78, 5) is 45.3. The number of nitrogens with zero attached hydrogens (tertiary/aromatic N) is 4. The highest BCUT2D eigenvalue weighted by Gasteiger charge is 2.31. The quantitative estimate of drug-likeness (QED) is 0.223. The molecule has 0 bridgehead atoms. The molecule has 1 atom stereocenters. The van der Waals surface area contributed by atoms with Gasteiger partial charge in [0.2, 0.25) is 5.91 Å². The van der Waals surface area contributed by atoms with Gasteiger partial charge in [0.25, 0.3) is 5.91 Å². The molecule has 3 heterocycles. The Bertz CT molecular complexity index is 586. The number of aliphatic imine (C=N–C) groups is 1. The number of carbonyl (C=O) groups is 3. The van der Waals surface area contributed by atoms with Gasteiger partial charge in [0.1, 0.15) is 6.10 Å². The van der Waals surface area contributed by atoms with Crippen LogP contribution >= 0.6 is 24.0 Å². The van der Waals surface area contributed by atoms with Gasteiger partial charge in [0.15, 0.2) is 5.96 Å². The Labute approximate surface area is 182 Å². The van der Waals surface area contributed by atoms with E-state index in [1.54, 1.807) is 0 Å². The molecule has 0 aromatic carbocycles. The van der Waals surface area contributed by atoms with E-state index >= 15 is 0 Å². The molecule has 0 saturated carbocycles. The average molecular weight is 508 g/mol. The van der Waals surface area contributed by atoms with E-state index in [2.05, 4.69) is 20.5 Å². The van der Waals surface area contributed by atoms with Gasteiger partial charge >= 0.3 is 6.03 Å². The Hall–Kier alpha value is -1.63. The largest absolute Gasteiger partial charge is 0.368 e. The molecule has 0 aromatic rings. The van der Waals surface area contributed by atoms with Gasteiger partial charge in [0.05, 0.1) is 19.6 Å². The number of rotatable bonds is 5. The van der Waals surface area contributed by atoms with Gasteiger partial charge in [-0.05, 0) is 19.8 Å². The lowest BCUT2D eigenvalue weighted by Crippen LogP contribution is -2.55. The maximum atomic E-state index is 12.4. The molecule has 3 fully saturated rings. The van der Waals surface area contributed by atoms with Crippen LogP contribution in [0.1, 0.15) is 19.8 Å². The number of piperazine rings is 1. The third kappa shape index (κ3) is 5.46. The maximum absolute atomic E-state index is 12.4. The first kappa shape index (κ1) is 22.7. The highest BCUT2D eigenvalue weighted by Crippen LogP contribution is 2.16. The van der Waals surface area contributed by atoms with Crippen LogP contribution in [-0.4, -0.2) is 104 Å². The minimum Gasteiger partial charge on any atom is -0.368 e. The first-order chi connectivity index (χ1) is 13.1. The number of halogens is 1. The van der Waals surface area contributed by atoms with Crippen LogP contribution < -0.4 is 10.6 Å². The molecule has 28 heavy (non-hydrogen) atoms. The molecule has 11 heteroatoms. The predicted molar refractivity (Wildman–Crippen MR) is 114 cm³/mol. The minimum atomic E-state index is -0.360. The second-order valence-corrected chi connectivity index (χ2v) is 6.75. The normalized spacial score (nSPS) is 23.0. The molecule has 3 aliphatic rings. The summed E-state index contributed by atoms with van der Waals surface area (Å²) in [6.45, 7) is 6.69. The molecule has 3 saturated heterocycles. The molecular weight excluding hydrogens is 479 g/mol. The molecule has 0 spiro atoms. The van der Waals surface area contributed by atoms with E-state index in [1.165, 1.54) is 4.90 Å². The Morgan fingerprint density at radius 1 is 1.25 bits per heavy atom. The molecule has 0 aromatic heterocycles. The summed E-state index contributed by atoms with van der Waals surface area (Å²) >= 11 is 0. The SMILES string of the molecule is CCNC(=NCCN1C(=O)CNC1=O)N1CCN(C(=O)C2CCCO2)CC1.I. The highest BCUT2D eigenvalue weighted by atomic mass is 127. The summed E-state index contributed by atoms with van der Waals surface area (Å²) in [6, 6.07) is -0.360. The number of amides is 4. The van der Waals surface area contributed by atoms with Crippen molar-refractivity contribution in [2.45, 2.75) is 25.9 Å². The predicted octanol–water partition coefficient (Wildman–Crippen LogP) is -0.555. The van der Waals surface area contributed by atoms with Crippen molar-refractivity contribution in [3.8, 4) is 0 Å². The first-order valence-electron chi connectivity index (χ1n) is 9.62. The van der Waals surface area contributed by atoms with Gasteiger partial charge in [-0.15, -0.1) is 24.0 Å². The van der Waals surface area contributed by atoms with E-state index < -0.39 is 0 Å². The first-order valence-corrected chi connectivity index (χ1v) is 9.62. The molecule has 10 nitrogen and oxygen atoms in total. The average Bonchev–Trinajstić information content (AvgIpc) is 3.32. The van der Waals surface area contributed by atoms with E-state index in [0.29, 0.717) is 39.3 Å². The zero-order valence-corrected chi connectivity index (χ0v) is 18.5. The third-order valence-electron chi connectivity index (χ3n) is 4.95. The summed E-state index contributed by atoms with van der Waals surface area (Å²) in [6.07, 6.45) is 1.49. The Morgan fingerprint density at radius 3 is 2.54 bits per heavy atom.